The number of imidazole rings is 1. The van der Waals surface area contributed by atoms with Gasteiger partial charge in [-0.15, -0.1) is 5.10 Å². The molecular formula is C33H29N7O3. The maximum atomic E-state index is 14.2. The maximum absolute atomic E-state index is 14.2. The summed E-state index contributed by atoms with van der Waals surface area (Å²) in [4.78, 5) is 38.8. The van der Waals surface area contributed by atoms with E-state index in [1.165, 1.54) is 0 Å². The zero-order valence-electron chi connectivity index (χ0n) is 24.1. The van der Waals surface area contributed by atoms with Crippen LogP contribution >= 0.6 is 0 Å². The molecule has 1 aliphatic heterocycles. The second-order valence-electron chi connectivity index (χ2n) is 10.6. The van der Waals surface area contributed by atoms with Gasteiger partial charge in [0.25, 0.3) is 5.91 Å². The van der Waals surface area contributed by atoms with E-state index < -0.39 is 5.97 Å². The molecule has 0 atom stereocenters. The molecule has 10 heteroatoms. The smallest absolute Gasteiger partial charge is 0.305 e. The average Bonchev–Trinajstić information content (AvgIpc) is 3.53. The molecule has 0 unspecified atom stereocenters. The minimum Gasteiger partial charge on any atom is -0.481 e. The fraction of sp³-hybridized carbons (Fsp3) is 0.212. The molecule has 3 heterocycles. The van der Waals surface area contributed by atoms with E-state index in [1.54, 1.807) is 9.42 Å². The first-order chi connectivity index (χ1) is 20.8. The third-order valence-corrected chi connectivity index (χ3v) is 7.69. The quantitative estimate of drug-likeness (QED) is 0.277. The van der Waals surface area contributed by atoms with Crippen LogP contribution in [0, 0.1) is 25.2 Å². The molecule has 43 heavy (non-hydrogen) atoms. The highest BCUT2D eigenvalue weighted by atomic mass is 16.4. The van der Waals surface area contributed by atoms with Crippen LogP contribution in [0.2, 0.25) is 0 Å². The highest BCUT2D eigenvalue weighted by molar-refractivity contribution is 6.59. The topological polar surface area (TPSA) is 127 Å². The number of aryl methyl sites for hydroxylation is 2. The highest BCUT2D eigenvalue weighted by Gasteiger charge is 2.35. The Morgan fingerprint density at radius 3 is 2.42 bits per heavy atom. The van der Waals surface area contributed by atoms with Crippen molar-refractivity contribution in [2.75, 3.05) is 22.9 Å². The summed E-state index contributed by atoms with van der Waals surface area (Å²) in [5, 5.41) is 24.0. The number of carbonyl (C=O) groups excluding carboxylic acids is 1. The Hall–Kier alpha value is -5.56. The predicted octanol–water partition coefficient (Wildman–Crippen LogP) is 5.03. The first-order valence-corrected chi connectivity index (χ1v) is 14.0. The lowest BCUT2D eigenvalue weighted by atomic mass is 10.0. The standard InChI is InChI=1S/C33H29N7O3/c1-20-18-24(38(16-9-15-34)17-14-27(41)42)19-21(2)29(20)36-30-22(3)28-31-35-25-12-7-8-13-26(25)40(31)37-32(28)39(33(30)43)23-10-5-4-6-11-23/h4-8,10-13,18-19H,9,14,16-17H2,1-3H3,(H,41,42). The van der Waals surface area contributed by atoms with Crippen molar-refractivity contribution in [3.05, 3.63) is 83.1 Å². The summed E-state index contributed by atoms with van der Waals surface area (Å²) in [7, 11) is 0. The molecule has 6 rings (SSSR count). The van der Waals surface area contributed by atoms with Crippen molar-refractivity contribution in [1.82, 2.24) is 14.6 Å². The Morgan fingerprint density at radius 1 is 1.02 bits per heavy atom. The van der Waals surface area contributed by atoms with Crippen molar-refractivity contribution in [2.45, 2.75) is 33.6 Å². The van der Waals surface area contributed by atoms with Crippen molar-refractivity contribution < 1.29 is 14.7 Å². The van der Waals surface area contributed by atoms with E-state index >= 15 is 0 Å². The van der Waals surface area contributed by atoms with Crippen LogP contribution in [0.25, 0.3) is 22.3 Å². The lowest BCUT2D eigenvalue weighted by molar-refractivity contribution is -0.136. The van der Waals surface area contributed by atoms with Crippen molar-refractivity contribution >= 4 is 62.7 Å². The van der Waals surface area contributed by atoms with Crippen LogP contribution in [-0.4, -0.2) is 50.4 Å². The van der Waals surface area contributed by atoms with E-state index in [-0.39, 0.29) is 25.3 Å². The van der Waals surface area contributed by atoms with E-state index in [0.29, 0.717) is 40.7 Å². The molecule has 0 fully saturated rings. The van der Waals surface area contributed by atoms with Gasteiger partial charge in [0.1, 0.15) is 5.71 Å². The number of aliphatic imine (C=N–C) groups is 1. The first-order valence-electron chi connectivity index (χ1n) is 14.0. The zero-order valence-corrected chi connectivity index (χ0v) is 24.1. The van der Waals surface area contributed by atoms with Crippen molar-refractivity contribution in [1.29, 1.82) is 5.26 Å². The van der Waals surface area contributed by atoms with E-state index in [4.69, 9.17) is 20.3 Å². The van der Waals surface area contributed by atoms with Crippen molar-refractivity contribution in [3.8, 4) is 6.07 Å². The molecule has 0 saturated heterocycles. The molecule has 0 aliphatic carbocycles. The van der Waals surface area contributed by atoms with Crippen molar-refractivity contribution in [3.63, 3.8) is 0 Å². The molecule has 1 aliphatic rings. The molecule has 0 radical (unpaired) electrons. The summed E-state index contributed by atoms with van der Waals surface area (Å²) in [5.74, 6) is -0.679. The Morgan fingerprint density at radius 2 is 1.72 bits per heavy atom. The second kappa shape index (κ2) is 11.0. The van der Waals surface area contributed by atoms with Gasteiger partial charge in [-0.25, -0.2) is 14.5 Å². The SMILES string of the molecule is CC1=c2c(nn3c2nc2ccccc23)N(c2ccccc2)C(=O)C1=Nc1c(C)cc(N(CCC#N)CCC(=O)O)cc1C. The summed E-state index contributed by atoms with van der Waals surface area (Å²) in [6, 6.07) is 23.2. The number of aromatic nitrogens is 3. The minimum atomic E-state index is -0.899. The van der Waals surface area contributed by atoms with Crippen molar-refractivity contribution in [2.24, 2.45) is 4.99 Å². The fourth-order valence-electron chi connectivity index (χ4n) is 5.63. The Labute approximate surface area is 247 Å². The van der Waals surface area contributed by atoms with Gasteiger partial charge < -0.3 is 10.0 Å². The van der Waals surface area contributed by atoms with Crippen LogP contribution < -0.4 is 15.0 Å². The van der Waals surface area contributed by atoms with Gasteiger partial charge in [-0.1, -0.05) is 30.3 Å². The largest absolute Gasteiger partial charge is 0.481 e. The Balaban J connectivity index is 1.53. The van der Waals surface area contributed by atoms with Gasteiger partial charge in [0, 0.05) is 18.8 Å². The lowest BCUT2D eigenvalue weighted by Gasteiger charge is -2.26. The third-order valence-electron chi connectivity index (χ3n) is 7.69. The molecule has 2 aromatic heterocycles. The number of nitriles is 1. The number of para-hydroxylation sites is 3. The van der Waals surface area contributed by atoms with E-state index in [0.717, 1.165) is 33.1 Å². The summed E-state index contributed by atoms with van der Waals surface area (Å²) >= 11 is 0. The van der Waals surface area contributed by atoms with E-state index in [9.17, 15) is 14.7 Å². The van der Waals surface area contributed by atoms with Crippen LogP contribution in [0.5, 0.6) is 0 Å². The fourth-order valence-corrected chi connectivity index (χ4v) is 5.63. The minimum absolute atomic E-state index is 0.0428. The Bertz CT molecular complexity index is 2020. The van der Waals surface area contributed by atoms with Gasteiger partial charge in [-0.2, -0.15) is 5.26 Å². The van der Waals surface area contributed by atoms with E-state index in [2.05, 4.69) is 6.07 Å². The molecule has 1 amide bonds. The summed E-state index contributed by atoms with van der Waals surface area (Å²) < 4.78 is 1.79. The number of carboxylic acids is 1. The molecule has 0 spiro atoms. The third kappa shape index (κ3) is 4.85. The predicted molar refractivity (Wildman–Crippen MR) is 166 cm³/mol. The molecule has 0 bridgehead atoms. The van der Waals surface area contributed by atoms with Gasteiger partial charge in [0.15, 0.2) is 11.5 Å². The molecule has 10 nitrogen and oxygen atoms in total. The zero-order chi connectivity index (χ0) is 30.2. The number of aliphatic carboxylic acids is 1. The number of carbonyl (C=O) groups is 2. The van der Waals surface area contributed by atoms with E-state index in [1.807, 2.05) is 92.4 Å². The number of hydrogen-bond donors (Lipinski definition) is 1. The molecule has 214 valence electrons. The first kappa shape index (κ1) is 27.6. The van der Waals surface area contributed by atoms with Crippen LogP contribution in [0.1, 0.15) is 30.9 Å². The molecular weight excluding hydrogens is 542 g/mol. The van der Waals surface area contributed by atoms with Crippen LogP contribution in [-0.2, 0) is 9.59 Å². The van der Waals surface area contributed by atoms with Crippen LogP contribution in [0.15, 0.2) is 71.7 Å². The number of amides is 1. The van der Waals surface area contributed by atoms with Gasteiger partial charge in [0.2, 0.25) is 0 Å². The average molecular weight is 572 g/mol. The number of benzene rings is 3. The number of fused-ring (bicyclic) bond motifs is 5. The monoisotopic (exact) mass is 571 g/mol. The number of rotatable bonds is 8. The lowest BCUT2D eigenvalue weighted by Crippen LogP contribution is -2.41. The maximum Gasteiger partial charge on any atom is 0.305 e. The van der Waals surface area contributed by atoms with Gasteiger partial charge in [-0.3, -0.25) is 14.5 Å². The Kier molecular flexibility index (Phi) is 7.08. The normalized spacial score (nSPS) is 14.0. The number of anilines is 3. The van der Waals surface area contributed by atoms with Crippen LogP contribution in [0.4, 0.5) is 22.9 Å². The summed E-state index contributed by atoms with van der Waals surface area (Å²) in [6.07, 6.45) is 0.228. The molecule has 3 aromatic carbocycles. The number of hydrogen-bond acceptors (Lipinski definition) is 7. The number of carboxylic acid groups (broad SMARTS) is 1. The van der Waals surface area contributed by atoms with Gasteiger partial charge >= 0.3 is 5.97 Å². The highest BCUT2D eigenvalue weighted by Crippen LogP contribution is 2.33. The van der Waals surface area contributed by atoms with Gasteiger partial charge in [0.05, 0.1) is 46.5 Å². The summed E-state index contributed by atoms with van der Waals surface area (Å²) in [6.45, 7) is 6.41. The second-order valence-corrected chi connectivity index (χ2v) is 10.6. The molecule has 5 aromatic rings. The van der Waals surface area contributed by atoms with Crippen LogP contribution in [0.3, 0.4) is 0 Å². The molecule has 0 saturated carbocycles. The number of nitrogens with zero attached hydrogens (tertiary/aromatic N) is 7. The summed E-state index contributed by atoms with van der Waals surface area (Å²) in [5.41, 5.74) is 7.10. The molecule has 1 N–H and O–H groups in total. The van der Waals surface area contributed by atoms with Gasteiger partial charge in [-0.05, 0) is 73.9 Å².